The Balaban J connectivity index is 0.000000360. The first-order valence-electron chi connectivity index (χ1n) is 10.2. The number of halogens is 3. The number of likely N-dealkylation sites (tertiary alicyclic amines) is 2. The largest absolute Gasteiger partial charge is 0.490 e. The summed E-state index contributed by atoms with van der Waals surface area (Å²) in [4.78, 5) is 44.5. The average molecular weight is 458 g/mol. The molecule has 176 valence electrons. The van der Waals surface area contributed by atoms with Crippen LogP contribution in [0.2, 0.25) is 0 Å². The topological polar surface area (TPSA) is 103 Å². The van der Waals surface area contributed by atoms with Crippen LogP contribution < -0.4 is 0 Å². The van der Waals surface area contributed by atoms with Crippen molar-refractivity contribution in [3.63, 3.8) is 0 Å². The summed E-state index contributed by atoms with van der Waals surface area (Å²) in [5, 5.41) is 7.12. The molecule has 1 atom stereocenters. The number of carboxylic acids is 1. The number of pyridine rings is 1. The summed E-state index contributed by atoms with van der Waals surface area (Å²) in [5.74, 6) is -2.58. The maximum absolute atomic E-state index is 13.0. The van der Waals surface area contributed by atoms with Crippen molar-refractivity contribution in [2.45, 2.75) is 25.6 Å². The van der Waals surface area contributed by atoms with Gasteiger partial charge in [-0.2, -0.15) is 13.2 Å². The van der Waals surface area contributed by atoms with Gasteiger partial charge >= 0.3 is 18.2 Å². The lowest BCUT2D eigenvalue weighted by Gasteiger charge is -2.31. The first-order chi connectivity index (χ1) is 15.1. The Morgan fingerprint density at radius 3 is 2.34 bits per heavy atom. The highest BCUT2D eigenvalue weighted by Gasteiger charge is 2.52. The minimum Gasteiger partial charge on any atom is -0.475 e. The van der Waals surface area contributed by atoms with E-state index in [2.05, 4.69) is 4.98 Å². The lowest BCUT2D eigenvalue weighted by atomic mass is 9.85. The van der Waals surface area contributed by atoms with Crippen molar-refractivity contribution >= 4 is 17.9 Å². The summed E-state index contributed by atoms with van der Waals surface area (Å²) in [6.07, 6.45) is -1.74. The molecular weight excluding hydrogens is 433 g/mol. The van der Waals surface area contributed by atoms with Gasteiger partial charge in [-0.25, -0.2) is 9.59 Å². The predicted molar refractivity (Wildman–Crippen MR) is 104 cm³/mol. The molecule has 0 aliphatic carbocycles. The Hall–Kier alpha value is -2.89. The fourth-order valence-electron chi connectivity index (χ4n) is 4.10. The molecule has 12 heteroatoms. The first kappa shape index (κ1) is 23.8. The highest BCUT2D eigenvalue weighted by molar-refractivity contribution is 5.87. The normalized spacial score (nSPS) is 23.3. The number of ether oxygens (including phenoxy) is 1. The van der Waals surface area contributed by atoms with Gasteiger partial charge in [0.15, 0.2) is 0 Å². The van der Waals surface area contributed by atoms with E-state index in [9.17, 15) is 22.8 Å². The third-order valence-corrected chi connectivity index (χ3v) is 5.83. The number of carbonyl (C=O) groups excluding carboxylic acids is 2. The molecule has 3 saturated heterocycles. The zero-order valence-electron chi connectivity index (χ0n) is 17.4. The van der Waals surface area contributed by atoms with Crippen LogP contribution >= 0.6 is 0 Å². The van der Waals surface area contributed by atoms with E-state index in [0.29, 0.717) is 45.9 Å². The zero-order valence-corrected chi connectivity index (χ0v) is 17.4. The van der Waals surface area contributed by atoms with Crippen LogP contribution in [0.25, 0.3) is 0 Å². The molecule has 4 heterocycles. The molecule has 3 amide bonds. The van der Waals surface area contributed by atoms with E-state index < -0.39 is 17.6 Å². The van der Waals surface area contributed by atoms with Gasteiger partial charge < -0.3 is 24.5 Å². The number of aromatic nitrogens is 1. The lowest BCUT2D eigenvalue weighted by Crippen LogP contribution is -2.48. The SMILES string of the molecule is O=C(N1CCOCC1)N1CCC2(CCN(Cc3ccccn3)C2=O)C1.O=C(O)C(F)(F)F. The molecule has 32 heavy (non-hydrogen) atoms. The smallest absolute Gasteiger partial charge is 0.475 e. The van der Waals surface area contributed by atoms with E-state index in [0.717, 1.165) is 25.1 Å². The molecule has 1 N–H and O–H groups in total. The Kier molecular flexibility index (Phi) is 7.22. The molecule has 0 saturated carbocycles. The molecule has 0 aromatic carbocycles. The number of aliphatic carboxylic acids is 1. The van der Waals surface area contributed by atoms with Crippen molar-refractivity contribution in [2.24, 2.45) is 5.41 Å². The molecule has 1 aromatic rings. The van der Waals surface area contributed by atoms with Crippen LogP contribution in [0.1, 0.15) is 18.5 Å². The second-order valence-electron chi connectivity index (χ2n) is 7.93. The number of carbonyl (C=O) groups is 3. The van der Waals surface area contributed by atoms with Gasteiger partial charge in [0.1, 0.15) is 0 Å². The van der Waals surface area contributed by atoms with Crippen LogP contribution in [0.4, 0.5) is 18.0 Å². The van der Waals surface area contributed by atoms with Gasteiger partial charge in [-0.1, -0.05) is 6.07 Å². The summed E-state index contributed by atoms with van der Waals surface area (Å²) >= 11 is 0. The third kappa shape index (κ3) is 5.47. The highest BCUT2D eigenvalue weighted by Crippen LogP contribution is 2.41. The standard InChI is InChI=1S/C18H24N4O3.C2HF3O2/c23-16-18(4-7-21(16)13-15-3-1-2-6-19-15)5-8-22(14-18)17(24)20-9-11-25-12-10-20;3-2(4,5)1(6)7/h1-3,6H,4-5,7-14H2;(H,6,7). The van der Waals surface area contributed by atoms with Crippen LogP contribution in [0.3, 0.4) is 0 Å². The highest BCUT2D eigenvalue weighted by atomic mass is 19.4. The Morgan fingerprint density at radius 1 is 1.09 bits per heavy atom. The monoisotopic (exact) mass is 458 g/mol. The van der Waals surface area contributed by atoms with Crippen LogP contribution in [-0.2, 0) is 20.9 Å². The van der Waals surface area contributed by atoms with Crippen molar-refractivity contribution in [3.8, 4) is 0 Å². The third-order valence-electron chi connectivity index (χ3n) is 5.83. The molecule has 4 rings (SSSR count). The molecule has 3 aliphatic rings. The van der Waals surface area contributed by atoms with Crippen molar-refractivity contribution in [3.05, 3.63) is 30.1 Å². The predicted octanol–water partition coefficient (Wildman–Crippen LogP) is 1.59. The Labute approximate surface area is 182 Å². The van der Waals surface area contributed by atoms with Crippen LogP contribution in [0.5, 0.6) is 0 Å². The number of carboxylic acid groups (broad SMARTS) is 1. The Bertz CT molecular complexity index is 832. The fourth-order valence-corrected chi connectivity index (χ4v) is 4.10. The number of hydrogen-bond acceptors (Lipinski definition) is 5. The van der Waals surface area contributed by atoms with Gasteiger partial charge in [-0.3, -0.25) is 9.78 Å². The zero-order chi connectivity index (χ0) is 23.4. The summed E-state index contributed by atoms with van der Waals surface area (Å²) in [6.45, 7) is 4.99. The van der Waals surface area contributed by atoms with Crippen LogP contribution in [0, 0.1) is 5.41 Å². The Morgan fingerprint density at radius 2 is 1.75 bits per heavy atom. The quantitative estimate of drug-likeness (QED) is 0.722. The molecule has 3 aliphatic heterocycles. The van der Waals surface area contributed by atoms with E-state index in [-0.39, 0.29) is 11.9 Å². The summed E-state index contributed by atoms with van der Waals surface area (Å²) in [7, 11) is 0. The number of hydrogen-bond donors (Lipinski definition) is 1. The molecule has 0 bridgehead atoms. The minimum atomic E-state index is -5.08. The van der Waals surface area contributed by atoms with Gasteiger partial charge in [0.25, 0.3) is 0 Å². The second kappa shape index (κ2) is 9.72. The van der Waals surface area contributed by atoms with E-state index >= 15 is 0 Å². The maximum atomic E-state index is 13.0. The second-order valence-corrected chi connectivity index (χ2v) is 7.93. The lowest BCUT2D eigenvalue weighted by molar-refractivity contribution is -0.192. The molecule has 1 aromatic heterocycles. The average Bonchev–Trinajstić information content (AvgIpc) is 3.34. The van der Waals surface area contributed by atoms with E-state index in [1.807, 2.05) is 32.9 Å². The van der Waals surface area contributed by atoms with Gasteiger partial charge in [-0.15, -0.1) is 0 Å². The van der Waals surface area contributed by atoms with Crippen molar-refractivity contribution < 1.29 is 37.4 Å². The van der Waals surface area contributed by atoms with Gasteiger partial charge in [0, 0.05) is 38.9 Å². The molecule has 1 unspecified atom stereocenters. The number of alkyl halides is 3. The summed E-state index contributed by atoms with van der Waals surface area (Å²) < 4.78 is 37.1. The summed E-state index contributed by atoms with van der Waals surface area (Å²) in [6, 6.07) is 5.82. The molecular formula is C20H25F3N4O5. The number of rotatable bonds is 2. The first-order valence-corrected chi connectivity index (χ1v) is 10.2. The van der Waals surface area contributed by atoms with Crippen LogP contribution in [0.15, 0.2) is 24.4 Å². The van der Waals surface area contributed by atoms with E-state index in [4.69, 9.17) is 14.6 Å². The molecule has 3 fully saturated rings. The van der Waals surface area contributed by atoms with Crippen molar-refractivity contribution in [2.75, 3.05) is 45.9 Å². The van der Waals surface area contributed by atoms with Crippen LogP contribution in [-0.4, -0.2) is 94.8 Å². The summed E-state index contributed by atoms with van der Waals surface area (Å²) in [5.41, 5.74) is 0.517. The maximum Gasteiger partial charge on any atom is 0.490 e. The van der Waals surface area contributed by atoms with Gasteiger partial charge in [0.2, 0.25) is 5.91 Å². The fraction of sp³-hybridized carbons (Fsp3) is 0.600. The van der Waals surface area contributed by atoms with Gasteiger partial charge in [-0.05, 0) is 25.0 Å². The molecule has 9 nitrogen and oxygen atoms in total. The number of urea groups is 1. The van der Waals surface area contributed by atoms with Crippen molar-refractivity contribution in [1.29, 1.82) is 0 Å². The number of amides is 3. The molecule has 1 spiro atoms. The molecule has 0 radical (unpaired) electrons. The van der Waals surface area contributed by atoms with E-state index in [1.165, 1.54) is 0 Å². The number of morpholine rings is 1. The van der Waals surface area contributed by atoms with E-state index in [1.54, 1.807) is 6.20 Å². The minimum absolute atomic E-state index is 0.0520. The van der Waals surface area contributed by atoms with Crippen molar-refractivity contribution in [1.82, 2.24) is 19.7 Å². The van der Waals surface area contributed by atoms with Gasteiger partial charge in [0.05, 0.1) is 30.9 Å². The number of nitrogens with zero attached hydrogens (tertiary/aromatic N) is 4.